The van der Waals surface area contributed by atoms with Crippen molar-refractivity contribution >= 4 is 5.91 Å². The Labute approximate surface area is 180 Å². The fraction of sp³-hybridized carbons (Fsp3) is 0.696. The fourth-order valence-corrected chi connectivity index (χ4v) is 3.36. The standard InChI is InChI=1S/C23H38N2O5/c1-18-6-8-19(9-7-18)22(27)25(11-12-28-5)16-21-15-24(10-13-29-21)14-20(26)17-30-23(2,3)4/h6-9,20-21,26H,10-17H2,1-5H3/t20-,21-/m1/s1. The topological polar surface area (TPSA) is 71.5 Å². The normalized spacial score (nSPS) is 18.9. The molecule has 0 bridgehead atoms. The molecule has 1 heterocycles. The molecule has 1 aliphatic heterocycles. The van der Waals surface area contributed by atoms with Crippen molar-refractivity contribution in [3.8, 4) is 0 Å². The second kappa shape index (κ2) is 11.8. The molecule has 0 unspecified atom stereocenters. The van der Waals surface area contributed by atoms with Crippen molar-refractivity contribution in [2.45, 2.75) is 45.5 Å². The van der Waals surface area contributed by atoms with Crippen molar-refractivity contribution < 1.29 is 24.1 Å². The molecule has 170 valence electrons. The average molecular weight is 423 g/mol. The number of β-amino-alcohol motifs (C(OH)–C–C–N with tert-alkyl or cyclic N) is 1. The number of amides is 1. The summed E-state index contributed by atoms with van der Waals surface area (Å²) >= 11 is 0. The minimum Gasteiger partial charge on any atom is -0.389 e. The summed E-state index contributed by atoms with van der Waals surface area (Å²) in [7, 11) is 1.63. The second-order valence-electron chi connectivity index (χ2n) is 8.94. The summed E-state index contributed by atoms with van der Waals surface area (Å²) in [6.07, 6.45) is -0.664. The maximum atomic E-state index is 13.0. The lowest BCUT2D eigenvalue weighted by Crippen LogP contribution is -2.51. The van der Waals surface area contributed by atoms with Crippen molar-refractivity contribution in [2.24, 2.45) is 0 Å². The Hall–Kier alpha value is -1.51. The highest BCUT2D eigenvalue weighted by Crippen LogP contribution is 2.13. The van der Waals surface area contributed by atoms with Crippen LogP contribution in [0.1, 0.15) is 36.7 Å². The molecule has 0 saturated carbocycles. The highest BCUT2D eigenvalue weighted by Gasteiger charge is 2.27. The predicted molar refractivity (Wildman–Crippen MR) is 117 cm³/mol. The minimum atomic E-state index is -0.554. The van der Waals surface area contributed by atoms with Gasteiger partial charge in [0.2, 0.25) is 0 Å². The lowest BCUT2D eigenvalue weighted by atomic mass is 10.1. The van der Waals surface area contributed by atoms with E-state index in [1.165, 1.54) is 0 Å². The van der Waals surface area contributed by atoms with E-state index >= 15 is 0 Å². The van der Waals surface area contributed by atoms with E-state index in [9.17, 15) is 9.90 Å². The van der Waals surface area contributed by atoms with E-state index in [0.717, 1.165) is 12.1 Å². The monoisotopic (exact) mass is 422 g/mol. The van der Waals surface area contributed by atoms with Crippen LogP contribution < -0.4 is 0 Å². The molecule has 0 aromatic heterocycles. The number of hydrogen-bond acceptors (Lipinski definition) is 6. The number of aliphatic hydroxyl groups is 1. The van der Waals surface area contributed by atoms with Crippen molar-refractivity contribution in [1.82, 2.24) is 9.80 Å². The summed E-state index contributed by atoms with van der Waals surface area (Å²) in [5.41, 5.74) is 1.52. The van der Waals surface area contributed by atoms with Crippen molar-refractivity contribution in [1.29, 1.82) is 0 Å². The third kappa shape index (κ3) is 8.70. The number of rotatable bonds is 10. The highest BCUT2D eigenvalue weighted by molar-refractivity contribution is 5.94. The maximum absolute atomic E-state index is 13.0. The molecule has 1 saturated heterocycles. The molecule has 1 aromatic carbocycles. The van der Waals surface area contributed by atoms with Crippen LogP contribution in [0, 0.1) is 6.92 Å². The van der Waals surface area contributed by atoms with Crippen LogP contribution in [0.25, 0.3) is 0 Å². The Morgan fingerprint density at radius 1 is 1.33 bits per heavy atom. The van der Waals surface area contributed by atoms with E-state index in [2.05, 4.69) is 4.90 Å². The largest absolute Gasteiger partial charge is 0.389 e. The first kappa shape index (κ1) is 24.8. The first-order valence-electron chi connectivity index (χ1n) is 10.7. The van der Waals surface area contributed by atoms with Gasteiger partial charge in [0.05, 0.1) is 37.6 Å². The summed E-state index contributed by atoms with van der Waals surface area (Å²) in [4.78, 5) is 17.0. The molecule has 1 aromatic rings. The van der Waals surface area contributed by atoms with E-state index < -0.39 is 6.10 Å². The van der Waals surface area contributed by atoms with Crippen molar-refractivity contribution in [3.05, 3.63) is 35.4 Å². The van der Waals surface area contributed by atoms with E-state index in [0.29, 0.717) is 51.6 Å². The van der Waals surface area contributed by atoms with Crippen LogP contribution >= 0.6 is 0 Å². The molecular formula is C23H38N2O5. The number of hydrogen-bond donors (Lipinski definition) is 1. The lowest BCUT2D eigenvalue weighted by Gasteiger charge is -2.36. The SMILES string of the molecule is COCCN(C[C@H]1CN(C[C@@H](O)COC(C)(C)C)CCO1)C(=O)c1ccc(C)cc1. The summed E-state index contributed by atoms with van der Waals surface area (Å²) < 4.78 is 16.8. The molecule has 0 spiro atoms. The van der Waals surface area contributed by atoms with Gasteiger partial charge >= 0.3 is 0 Å². The third-order valence-electron chi connectivity index (χ3n) is 4.98. The van der Waals surface area contributed by atoms with Crippen LogP contribution in [0.5, 0.6) is 0 Å². The molecule has 7 nitrogen and oxygen atoms in total. The van der Waals surface area contributed by atoms with E-state index in [1.54, 1.807) is 12.0 Å². The zero-order valence-electron chi connectivity index (χ0n) is 19.1. The summed E-state index contributed by atoms with van der Waals surface area (Å²) in [5, 5.41) is 10.3. The molecule has 1 fully saturated rings. The van der Waals surface area contributed by atoms with Crippen LogP contribution in [-0.4, -0.2) is 98.3 Å². The minimum absolute atomic E-state index is 0.0219. The molecule has 1 amide bonds. The van der Waals surface area contributed by atoms with Crippen LogP contribution in [0.4, 0.5) is 0 Å². The van der Waals surface area contributed by atoms with Crippen molar-refractivity contribution in [2.75, 3.05) is 59.7 Å². The number of ether oxygens (including phenoxy) is 3. The number of aliphatic hydroxyl groups excluding tert-OH is 1. The molecular weight excluding hydrogens is 384 g/mol. The number of carbonyl (C=O) groups is 1. The Morgan fingerprint density at radius 2 is 2.03 bits per heavy atom. The maximum Gasteiger partial charge on any atom is 0.254 e. The lowest BCUT2D eigenvalue weighted by molar-refractivity contribution is -0.0784. The first-order chi connectivity index (χ1) is 14.2. The van der Waals surface area contributed by atoms with Gasteiger partial charge in [-0.05, 0) is 39.8 Å². The quantitative estimate of drug-likeness (QED) is 0.622. The van der Waals surface area contributed by atoms with Crippen LogP contribution in [0.3, 0.4) is 0 Å². The average Bonchev–Trinajstić information content (AvgIpc) is 2.69. The van der Waals surface area contributed by atoms with Gasteiger partial charge in [0.25, 0.3) is 5.91 Å². The number of morpholine rings is 1. The summed E-state index contributed by atoms with van der Waals surface area (Å²) in [6, 6.07) is 7.61. The fourth-order valence-electron chi connectivity index (χ4n) is 3.36. The Bertz CT molecular complexity index is 644. The Morgan fingerprint density at radius 3 is 2.67 bits per heavy atom. The van der Waals surface area contributed by atoms with Gasteiger partial charge in [0, 0.05) is 45.4 Å². The Balaban J connectivity index is 1.93. The highest BCUT2D eigenvalue weighted by atomic mass is 16.5. The predicted octanol–water partition coefficient (Wildman–Crippen LogP) is 1.96. The van der Waals surface area contributed by atoms with E-state index in [4.69, 9.17) is 14.2 Å². The molecule has 30 heavy (non-hydrogen) atoms. The Kier molecular flexibility index (Phi) is 9.71. The van der Waals surface area contributed by atoms with Gasteiger partial charge in [0.15, 0.2) is 0 Å². The van der Waals surface area contributed by atoms with Gasteiger partial charge in [-0.2, -0.15) is 0 Å². The molecule has 0 radical (unpaired) electrons. The number of benzene rings is 1. The molecule has 1 aliphatic rings. The number of carbonyl (C=O) groups excluding carboxylic acids is 1. The molecule has 2 atom stereocenters. The zero-order chi connectivity index (χ0) is 22.1. The smallest absolute Gasteiger partial charge is 0.254 e. The van der Waals surface area contributed by atoms with Crippen LogP contribution in [0.2, 0.25) is 0 Å². The molecule has 7 heteroatoms. The summed E-state index contributed by atoms with van der Waals surface area (Å²) in [6.45, 7) is 12.2. The summed E-state index contributed by atoms with van der Waals surface area (Å²) in [5.74, 6) is -0.0219. The van der Waals surface area contributed by atoms with E-state index in [1.807, 2.05) is 52.0 Å². The van der Waals surface area contributed by atoms with E-state index in [-0.39, 0.29) is 17.6 Å². The van der Waals surface area contributed by atoms with Gasteiger partial charge in [-0.1, -0.05) is 17.7 Å². The first-order valence-corrected chi connectivity index (χ1v) is 10.7. The number of nitrogens with zero attached hydrogens (tertiary/aromatic N) is 2. The van der Waals surface area contributed by atoms with Gasteiger partial charge in [-0.25, -0.2) is 0 Å². The molecule has 0 aliphatic carbocycles. The van der Waals surface area contributed by atoms with Gasteiger partial charge in [-0.15, -0.1) is 0 Å². The number of methoxy groups -OCH3 is 1. The van der Waals surface area contributed by atoms with Crippen LogP contribution in [0.15, 0.2) is 24.3 Å². The van der Waals surface area contributed by atoms with Gasteiger partial charge in [-0.3, -0.25) is 9.69 Å². The van der Waals surface area contributed by atoms with Gasteiger partial charge in [0.1, 0.15) is 0 Å². The van der Waals surface area contributed by atoms with Crippen LogP contribution in [-0.2, 0) is 14.2 Å². The zero-order valence-corrected chi connectivity index (χ0v) is 19.1. The number of aryl methyl sites for hydroxylation is 1. The molecule has 1 N–H and O–H groups in total. The second-order valence-corrected chi connectivity index (χ2v) is 8.94. The third-order valence-corrected chi connectivity index (χ3v) is 4.98. The van der Waals surface area contributed by atoms with Gasteiger partial charge < -0.3 is 24.2 Å². The van der Waals surface area contributed by atoms with Crippen molar-refractivity contribution in [3.63, 3.8) is 0 Å². The molecule has 2 rings (SSSR count).